The highest BCUT2D eigenvalue weighted by atomic mass is 32.2. The summed E-state index contributed by atoms with van der Waals surface area (Å²) in [5.74, 6) is -0.463. The van der Waals surface area contributed by atoms with E-state index >= 15 is 0 Å². The first kappa shape index (κ1) is 23.3. The molecule has 0 aliphatic carbocycles. The number of methoxy groups -OCH3 is 1. The van der Waals surface area contributed by atoms with Gasteiger partial charge in [0.05, 0.1) is 29.5 Å². The van der Waals surface area contributed by atoms with E-state index < -0.39 is 11.8 Å². The molecule has 7 nitrogen and oxygen atoms in total. The highest BCUT2D eigenvalue weighted by Crippen LogP contribution is 2.24. The van der Waals surface area contributed by atoms with Gasteiger partial charge in [-0.2, -0.15) is 0 Å². The lowest BCUT2D eigenvalue weighted by atomic mass is 10.1. The van der Waals surface area contributed by atoms with Crippen LogP contribution in [0.15, 0.2) is 76.7 Å². The van der Waals surface area contributed by atoms with Gasteiger partial charge in [-0.1, -0.05) is 36.0 Å². The second kappa shape index (κ2) is 9.93. The molecule has 0 spiro atoms. The topological polar surface area (TPSA) is 90.3 Å². The van der Waals surface area contributed by atoms with Crippen LogP contribution >= 0.6 is 11.8 Å². The van der Waals surface area contributed by atoms with Crippen LogP contribution in [0.25, 0.3) is 16.6 Å². The molecule has 0 fully saturated rings. The Morgan fingerprint density at radius 1 is 1.03 bits per heavy atom. The number of rotatable bonds is 6. The molecule has 34 heavy (non-hydrogen) atoms. The van der Waals surface area contributed by atoms with Crippen molar-refractivity contribution in [1.82, 2.24) is 14.9 Å². The third-order valence-corrected chi connectivity index (χ3v) is 6.23. The maximum absolute atomic E-state index is 13.4. The fourth-order valence-electron chi connectivity index (χ4n) is 3.49. The maximum atomic E-state index is 13.4. The predicted molar refractivity (Wildman–Crippen MR) is 133 cm³/mol. The van der Waals surface area contributed by atoms with Gasteiger partial charge in [0.25, 0.3) is 11.5 Å². The Morgan fingerprint density at radius 3 is 2.50 bits per heavy atom. The number of nitrogens with one attached hydrogen (secondary N) is 1. The van der Waals surface area contributed by atoms with Crippen LogP contribution in [0.1, 0.15) is 21.5 Å². The third-order valence-electron chi connectivity index (χ3n) is 5.29. The normalized spacial score (nSPS) is 10.8. The van der Waals surface area contributed by atoms with Gasteiger partial charge in [0.1, 0.15) is 5.75 Å². The van der Waals surface area contributed by atoms with Crippen molar-refractivity contribution in [1.29, 1.82) is 0 Å². The number of amides is 2. The summed E-state index contributed by atoms with van der Waals surface area (Å²) in [5.41, 5.74) is 3.30. The summed E-state index contributed by atoms with van der Waals surface area (Å²) >= 11 is 1.10. The van der Waals surface area contributed by atoms with Crippen molar-refractivity contribution < 1.29 is 14.3 Å². The molecule has 0 atom stereocenters. The minimum Gasteiger partial charge on any atom is -0.497 e. The van der Waals surface area contributed by atoms with E-state index in [1.165, 1.54) is 11.7 Å². The zero-order valence-electron chi connectivity index (χ0n) is 19.0. The molecule has 2 amide bonds. The number of thioether (sulfide) groups is 1. The van der Waals surface area contributed by atoms with Crippen LogP contribution in [0.3, 0.4) is 0 Å². The number of para-hydroxylation sites is 1. The van der Waals surface area contributed by atoms with Gasteiger partial charge < -0.3 is 4.74 Å². The third kappa shape index (κ3) is 4.87. The molecule has 1 N–H and O–H groups in total. The first-order valence-electron chi connectivity index (χ1n) is 10.6. The van der Waals surface area contributed by atoms with E-state index in [0.29, 0.717) is 33.1 Å². The molecule has 0 radical (unpaired) electrons. The van der Waals surface area contributed by atoms with Gasteiger partial charge in [-0.05, 0) is 67.4 Å². The zero-order chi connectivity index (χ0) is 24.2. The van der Waals surface area contributed by atoms with Gasteiger partial charge in [-0.3, -0.25) is 24.3 Å². The van der Waals surface area contributed by atoms with E-state index in [9.17, 15) is 14.4 Å². The van der Waals surface area contributed by atoms with Gasteiger partial charge in [-0.25, -0.2) is 4.98 Å². The number of benzene rings is 3. The molecule has 4 rings (SSSR count). The van der Waals surface area contributed by atoms with Crippen LogP contribution in [-0.4, -0.2) is 34.2 Å². The molecule has 172 valence electrons. The molecule has 4 aromatic rings. The predicted octanol–water partition coefficient (Wildman–Crippen LogP) is 4.06. The van der Waals surface area contributed by atoms with Gasteiger partial charge in [0, 0.05) is 5.56 Å². The average molecular weight is 474 g/mol. The van der Waals surface area contributed by atoms with Gasteiger partial charge >= 0.3 is 0 Å². The molecule has 3 aromatic carbocycles. The Kier molecular flexibility index (Phi) is 6.79. The molecular weight excluding hydrogens is 450 g/mol. The van der Waals surface area contributed by atoms with Crippen molar-refractivity contribution in [2.24, 2.45) is 0 Å². The molecule has 0 saturated heterocycles. The van der Waals surface area contributed by atoms with E-state index in [2.05, 4.69) is 10.3 Å². The van der Waals surface area contributed by atoms with Crippen LogP contribution in [0, 0.1) is 13.8 Å². The SMILES string of the molecule is COc1ccc(C(=O)NC(=O)CSc2nc3ccccc3c(=O)n2-c2cc(C)ccc2C)cc1. The van der Waals surface area contributed by atoms with Gasteiger partial charge in [-0.15, -0.1) is 0 Å². The van der Waals surface area contributed by atoms with Crippen molar-refractivity contribution in [2.75, 3.05) is 12.9 Å². The molecule has 1 heterocycles. The molecule has 1 aromatic heterocycles. The molecular formula is C26H23N3O4S. The van der Waals surface area contributed by atoms with Crippen LogP contribution in [-0.2, 0) is 4.79 Å². The molecule has 0 saturated carbocycles. The number of ether oxygens (including phenoxy) is 1. The molecule has 8 heteroatoms. The highest BCUT2D eigenvalue weighted by molar-refractivity contribution is 7.99. The standard InChI is InChI=1S/C26H23N3O4S/c1-16-8-9-17(2)22(14-16)29-25(32)20-6-4-5-7-21(20)27-26(29)34-15-23(30)28-24(31)18-10-12-19(33-3)13-11-18/h4-14H,15H2,1-3H3,(H,28,30,31). The van der Waals surface area contributed by atoms with Gasteiger partial charge in [0.15, 0.2) is 5.16 Å². The monoisotopic (exact) mass is 473 g/mol. The molecule has 0 unspecified atom stereocenters. The number of aromatic nitrogens is 2. The first-order valence-corrected chi connectivity index (χ1v) is 11.6. The fraction of sp³-hybridized carbons (Fsp3) is 0.154. The lowest BCUT2D eigenvalue weighted by molar-refractivity contribution is -0.117. The van der Waals surface area contributed by atoms with Crippen molar-refractivity contribution >= 4 is 34.5 Å². The number of fused-ring (bicyclic) bond motifs is 1. The minimum atomic E-state index is -0.508. The number of aryl methyl sites for hydroxylation is 2. The highest BCUT2D eigenvalue weighted by Gasteiger charge is 2.17. The number of nitrogens with zero attached hydrogens (tertiary/aromatic N) is 2. The van der Waals surface area contributed by atoms with Crippen LogP contribution in [0.4, 0.5) is 0 Å². The Morgan fingerprint density at radius 2 is 1.76 bits per heavy atom. The van der Waals surface area contributed by atoms with Crippen LogP contribution in [0.5, 0.6) is 5.75 Å². The Labute approximate surface area is 200 Å². The summed E-state index contributed by atoms with van der Waals surface area (Å²) in [7, 11) is 1.54. The second-order valence-corrected chi connectivity index (χ2v) is 8.68. The number of hydrogen-bond donors (Lipinski definition) is 1. The summed E-state index contributed by atoms with van der Waals surface area (Å²) in [5, 5.41) is 3.25. The van der Waals surface area contributed by atoms with Crippen molar-refractivity contribution in [2.45, 2.75) is 19.0 Å². The Hall–Kier alpha value is -3.91. The first-order chi connectivity index (χ1) is 16.4. The largest absolute Gasteiger partial charge is 0.497 e. The van der Waals surface area contributed by atoms with E-state index in [0.717, 1.165) is 22.9 Å². The van der Waals surface area contributed by atoms with Crippen LogP contribution < -0.4 is 15.6 Å². The summed E-state index contributed by atoms with van der Waals surface area (Å²) in [6, 6.07) is 19.4. The van der Waals surface area contributed by atoms with E-state index in [-0.39, 0.29) is 11.3 Å². The molecule has 0 aliphatic heterocycles. The molecule has 0 bridgehead atoms. The lowest BCUT2D eigenvalue weighted by Crippen LogP contribution is -2.32. The number of imide groups is 1. The zero-order valence-corrected chi connectivity index (χ0v) is 19.8. The van der Waals surface area contributed by atoms with Crippen LogP contribution in [0.2, 0.25) is 0 Å². The van der Waals surface area contributed by atoms with Crippen molar-refractivity contribution in [3.8, 4) is 11.4 Å². The van der Waals surface area contributed by atoms with E-state index in [1.54, 1.807) is 42.5 Å². The minimum absolute atomic E-state index is 0.0858. The quantitative estimate of drug-likeness (QED) is 0.336. The van der Waals surface area contributed by atoms with E-state index in [1.807, 2.05) is 38.1 Å². The summed E-state index contributed by atoms with van der Waals surface area (Å²) in [4.78, 5) is 43.0. The average Bonchev–Trinajstić information content (AvgIpc) is 2.84. The summed E-state index contributed by atoms with van der Waals surface area (Å²) < 4.78 is 6.62. The second-order valence-electron chi connectivity index (χ2n) is 7.74. The Balaban J connectivity index is 1.62. The fourth-order valence-corrected chi connectivity index (χ4v) is 4.29. The molecule has 0 aliphatic rings. The smallest absolute Gasteiger partial charge is 0.266 e. The number of hydrogen-bond acceptors (Lipinski definition) is 6. The number of carbonyl (C=O) groups is 2. The Bertz CT molecular complexity index is 1450. The van der Waals surface area contributed by atoms with Gasteiger partial charge in [0.2, 0.25) is 5.91 Å². The maximum Gasteiger partial charge on any atom is 0.266 e. The summed E-state index contributed by atoms with van der Waals surface area (Å²) in [6.45, 7) is 3.87. The van der Waals surface area contributed by atoms with Crippen molar-refractivity contribution in [3.05, 3.63) is 93.8 Å². The summed E-state index contributed by atoms with van der Waals surface area (Å²) in [6.07, 6.45) is 0. The lowest BCUT2D eigenvalue weighted by Gasteiger charge is -2.15. The van der Waals surface area contributed by atoms with E-state index in [4.69, 9.17) is 4.74 Å². The number of carbonyl (C=O) groups excluding carboxylic acids is 2. The van der Waals surface area contributed by atoms with Crippen molar-refractivity contribution in [3.63, 3.8) is 0 Å².